The molecule has 2 heterocycles. The quantitative estimate of drug-likeness (QED) is 0.840. The summed E-state index contributed by atoms with van der Waals surface area (Å²) in [6.07, 6.45) is 4.31. The molecule has 0 unspecified atom stereocenters. The van der Waals surface area contributed by atoms with Crippen LogP contribution in [0, 0.1) is 0 Å². The van der Waals surface area contributed by atoms with E-state index in [9.17, 15) is 9.59 Å². The van der Waals surface area contributed by atoms with Gasteiger partial charge in [-0.15, -0.1) is 0 Å². The Balaban J connectivity index is 2.25. The lowest BCUT2D eigenvalue weighted by molar-refractivity contribution is 0.0692. The molecule has 0 aromatic carbocycles. The van der Waals surface area contributed by atoms with Gasteiger partial charge in [0.2, 0.25) is 0 Å². The molecule has 0 saturated carbocycles. The number of nitrogens with zero attached hydrogens (tertiary/aromatic N) is 4. The first kappa shape index (κ1) is 12.8. The Labute approximate surface area is 108 Å². The largest absolute Gasteiger partial charge is 0.478 e. The van der Waals surface area contributed by atoms with Crippen LogP contribution in [0.15, 0.2) is 18.6 Å². The second-order valence-electron chi connectivity index (χ2n) is 3.87. The number of nitrogens with one attached hydrogen (secondary N) is 1. The van der Waals surface area contributed by atoms with Gasteiger partial charge in [-0.2, -0.15) is 10.2 Å². The molecule has 0 bridgehead atoms. The first-order chi connectivity index (χ1) is 9.02. The van der Waals surface area contributed by atoms with Crippen LogP contribution in [0.4, 0.5) is 5.69 Å². The van der Waals surface area contributed by atoms with Crippen LogP contribution in [-0.4, -0.2) is 36.5 Å². The number of carboxylic acids is 1. The van der Waals surface area contributed by atoms with Crippen molar-refractivity contribution in [3.63, 3.8) is 0 Å². The van der Waals surface area contributed by atoms with Crippen molar-refractivity contribution < 1.29 is 14.7 Å². The van der Waals surface area contributed by atoms with Crippen molar-refractivity contribution in [1.29, 1.82) is 0 Å². The molecule has 100 valence electrons. The molecule has 2 aromatic rings. The maximum absolute atomic E-state index is 12.0. The molecular weight excluding hydrogens is 250 g/mol. The topological polar surface area (TPSA) is 102 Å². The lowest BCUT2D eigenvalue weighted by atomic mass is 10.2. The summed E-state index contributed by atoms with van der Waals surface area (Å²) < 4.78 is 2.87. The van der Waals surface area contributed by atoms with E-state index in [1.54, 1.807) is 10.9 Å². The molecule has 0 atom stereocenters. The summed E-state index contributed by atoms with van der Waals surface area (Å²) >= 11 is 0. The van der Waals surface area contributed by atoms with Crippen LogP contribution < -0.4 is 5.32 Å². The lowest BCUT2D eigenvalue weighted by Gasteiger charge is -2.04. The van der Waals surface area contributed by atoms with E-state index in [0.717, 1.165) is 6.20 Å². The zero-order valence-corrected chi connectivity index (χ0v) is 10.5. The molecule has 0 saturated heterocycles. The van der Waals surface area contributed by atoms with Crippen LogP contribution in [-0.2, 0) is 13.6 Å². The molecule has 0 fully saturated rings. The van der Waals surface area contributed by atoms with E-state index >= 15 is 0 Å². The molecule has 0 radical (unpaired) electrons. The number of carbonyl (C=O) groups is 2. The van der Waals surface area contributed by atoms with E-state index in [4.69, 9.17) is 5.11 Å². The Bertz CT molecular complexity index is 628. The highest BCUT2D eigenvalue weighted by Crippen LogP contribution is 2.12. The standard InChI is InChI=1S/C11H13N5O3/c1-3-16-6-7(4-13-16)14-10(17)9-8(11(18)19)5-12-15(9)2/h4-6H,3H2,1-2H3,(H,14,17)(H,18,19). The van der Waals surface area contributed by atoms with Gasteiger partial charge in [0.15, 0.2) is 0 Å². The van der Waals surface area contributed by atoms with Crippen molar-refractivity contribution in [1.82, 2.24) is 19.6 Å². The third-order valence-electron chi connectivity index (χ3n) is 2.60. The molecule has 0 aliphatic rings. The van der Waals surface area contributed by atoms with Gasteiger partial charge in [-0.3, -0.25) is 14.2 Å². The monoisotopic (exact) mass is 263 g/mol. The number of carbonyl (C=O) groups excluding carboxylic acids is 1. The molecule has 0 spiro atoms. The summed E-state index contributed by atoms with van der Waals surface area (Å²) in [6, 6.07) is 0. The number of anilines is 1. The molecule has 2 aromatic heterocycles. The smallest absolute Gasteiger partial charge is 0.339 e. The van der Waals surface area contributed by atoms with Crippen LogP contribution >= 0.6 is 0 Å². The zero-order chi connectivity index (χ0) is 14.0. The van der Waals surface area contributed by atoms with E-state index in [2.05, 4.69) is 15.5 Å². The molecule has 0 aliphatic heterocycles. The number of carboxylic acid groups (broad SMARTS) is 1. The van der Waals surface area contributed by atoms with Gasteiger partial charge in [-0.05, 0) is 6.92 Å². The fourth-order valence-electron chi connectivity index (χ4n) is 1.65. The Hall–Kier alpha value is -2.64. The summed E-state index contributed by atoms with van der Waals surface area (Å²) in [6.45, 7) is 2.60. The number of aryl methyl sites for hydroxylation is 2. The summed E-state index contributed by atoms with van der Waals surface area (Å²) in [5.41, 5.74) is 0.365. The second-order valence-corrected chi connectivity index (χ2v) is 3.87. The van der Waals surface area contributed by atoms with Crippen molar-refractivity contribution in [2.75, 3.05) is 5.32 Å². The molecule has 8 nitrogen and oxygen atoms in total. The highest BCUT2D eigenvalue weighted by molar-refractivity contribution is 6.09. The van der Waals surface area contributed by atoms with Gasteiger partial charge in [-0.1, -0.05) is 0 Å². The molecule has 19 heavy (non-hydrogen) atoms. The van der Waals surface area contributed by atoms with E-state index in [1.807, 2.05) is 6.92 Å². The van der Waals surface area contributed by atoms with E-state index in [-0.39, 0.29) is 11.3 Å². The highest BCUT2D eigenvalue weighted by Gasteiger charge is 2.21. The van der Waals surface area contributed by atoms with Crippen molar-refractivity contribution in [2.45, 2.75) is 13.5 Å². The van der Waals surface area contributed by atoms with Crippen LogP contribution in [0.2, 0.25) is 0 Å². The average Bonchev–Trinajstić information content (AvgIpc) is 2.95. The average molecular weight is 263 g/mol. The Morgan fingerprint density at radius 3 is 2.68 bits per heavy atom. The molecule has 8 heteroatoms. The SMILES string of the molecule is CCn1cc(NC(=O)c2c(C(=O)O)cnn2C)cn1. The Morgan fingerprint density at radius 1 is 1.37 bits per heavy atom. The van der Waals surface area contributed by atoms with Crippen molar-refractivity contribution in [3.8, 4) is 0 Å². The van der Waals surface area contributed by atoms with Crippen molar-refractivity contribution in [3.05, 3.63) is 29.8 Å². The van der Waals surface area contributed by atoms with Gasteiger partial charge in [0.05, 0.1) is 18.1 Å². The predicted molar refractivity (Wildman–Crippen MR) is 66.0 cm³/mol. The minimum absolute atomic E-state index is 0.00301. The normalized spacial score (nSPS) is 10.4. The third-order valence-corrected chi connectivity index (χ3v) is 2.60. The number of aromatic carboxylic acids is 1. The predicted octanol–water partition coefficient (Wildman–Crippen LogP) is 0.587. The first-order valence-electron chi connectivity index (χ1n) is 5.62. The van der Waals surface area contributed by atoms with Gasteiger partial charge in [0.1, 0.15) is 11.3 Å². The van der Waals surface area contributed by atoms with Gasteiger partial charge in [0, 0.05) is 19.8 Å². The summed E-state index contributed by atoms with van der Waals surface area (Å²) in [4.78, 5) is 23.0. The van der Waals surface area contributed by atoms with E-state index < -0.39 is 11.9 Å². The Morgan fingerprint density at radius 2 is 2.11 bits per heavy atom. The van der Waals surface area contributed by atoms with Gasteiger partial charge in [-0.25, -0.2) is 4.79 Å². The number of hydrogen-bond donors (Lipinski definition) is 2. The summed E-state index contributed by atoms with van der Waals surface area (Å²) in [7, 11) is 1.51. The molecule has 1 amide bonds. The van der Waals surface area contributed by atoms with Crippen molar-refractivity contribution in [2.24, 2.45) is 7.05 Å². The van der Waals surface area contributed by atoms with Crippen LogP contribution in [0.25, 0.3) is 0 Å². The third kappa shape index (κ3) is 2.46. The maximum Gasteiger partial charge on any atom is 0.339 e. The van der Waals surface area contributed by atoms with Crippen LogP contribution in [0.3, 0.4) is 0 Å². The van der Waals surface area contributed by atoms with Gasteiger partial charge in [0.25, 0.3) is 5.91 Å². The molecular formula is C11H13N5O3. The maximum atomic E-state index is 12.0. The second kappa shape index (κ2) is 4.92. The number of aromatic nitrogens is 4. The minimum Gasteiger partial charge on any atom is -0.478 e. The van der Waals surface area contributed by atoms with Gasteiger partial charge < -0.3 is 10.4 Å². The molecule has 0 aliphatic carbocycles. The number of hydrogen-bond acceptors (Lipinski definition) is 4. The fraction of sp³-hybridized carbons (Fsp3) is 0.273. The Kier molecular flexibility index (Phi) is 3.32. The number of rotatable bonds is 4. The van der Waals surface area contributed by atoms with Crippen LogP contribution in [0.1, 0.15) is 27.8 Å². The van der Waals surface area contributed by atoms with Crippen LogP contribution in [0.5, 0.6) is 0 Å². The molecule has 2 rings (SSSR count). The zero-order valence-electron chi connectivity index (χ0n) is 10.5. The van der Waals surface area contributed by atoms with Crippen molar-refractivity contribution >= 4 is 17.6 Å². The van der Waals surface area contributed by atoms with E-state index in [0.29, 0.717) is 12.2 Å². The summed E-state index contributed by atoms with van der Waals surface area (Å²) in [5.74, 6) is -1.73. The minimum atomic E-state index is -1.19. The lowest BCUT2D eigenvalue weighted by Crippen LogP contribution is -2.19. The van der Waals surface area contributed by atoms with E-state index in [1.165, 1.54) is 17.9 Å². The van der Waals surface area contributed by atoms with Gasteiger partial charge >= 0.3 is 5.97 Å². The number of amides is 1. The molecule has 2 N–H and O–H groups in total. The first-order valence-corrected chi connectivity index (χ1v) is 5.62. The summed E-state index contributed by atoms with van der Waals surface area (Å²) in [5, 5.41) is 19.4. The highest BCUT2D eigenvalue weighted by atomic mass is 16.4. The fourth-order valence-corrected chi connectivity index (χ4v) is 1.65.